The largest absolute Gasteiger partial charge is 0.416 e. The Labute approximate surface area is 117 Å². The molecule has 1 rings (SSSR count). The highest BCUT2D eigenvalue weighted by atomic mass is 79.9. The van der Waals surface area contributed by atoms with Crippen molar-refractivity contribution in [2.24, 2.45) is 0 Å². The van der Waals surface area contributed by atoms with E-state index >= 15 is 0 Å². The van der Waals surface area contributed by atoms with E-state index in [1.54, 1.807) is 7.05 Å². The molecule has 0 fully saturated rings. The van der Waals surface area contributed by atoms with Crippen LogP contribution in [-0.2, 0) is 11.0 Å². The van der Waals surface area contributed by atoms with Gasteiger partial charge >= 0.3 is 6.18 Å². The van der Waals surface area contributed by atoms with Crippen LogP contribution in [0.4, 0.5) is 18.9 Å². The molecule has 1 amide bonds. The van der Waals surface area contributed by atoms with Gasteiger partial charge in [0.25, 0.3) is 0 Å². The van der Waals surface area contributed by atoms with Gasteiger partial charge in [0.05, 0.1) is 12.1 Å². The smallest absolute Gasteiger partial charge is 0.376 e. The number of amides is 1. The van der Waals surface area contributed by atoms with Crippen molar-refractivity contribution in [1.29, 1.82) is 0 Å². The summed E-state index contributed by atoms with van der Waals surface area (Å²) in [6.07, 6.45) is -4.41. The molecule has 0 bridgehead atoms. The zero-order chi connectivity index (χ0) is 14.6. The highest BCUT2D eigenvalue weighted by Crippen LogP contribution is 2.33. The summed E-state index contributed by atoms with van der Waals surface area (Å²) >= 11 is 3.02. The molecule has 0 saturated carbocycles. The average molecular weight is 339 g/mol. The minimum atomic E-state index is -4.41. The molecule has 0 aliphatic heterocycles. The van der Waals surface area contributed by atoms with Gasteiger partial charge in [-0.3, -0.25) is 4.79 Å². The van der Waals surface area contributed by atoms with Crippen LogP contribution in [-0.4, -0.2) is 30.9 Å². The zero-order valence-electron chi connectivity index (χ0n) is 10.5. The van der Waals surface area contributed by atoms with Gasteiger partial charge in [-0.15, -0.1) is 0 Å². The van der Waals surface area contributed by atoms with Crippen molar-refractivity contribution in [3.05, 3.63) is 28.2 Å². The predicted octanol–water partition coefficient (Wildman–Crippen LogP) is 3.36. The summed E-state index contributed by atoms with van der Waals surface area (Å²) in [6.45, 7) is 2.32. The first-order valence-corrected chi connectivity index (χ1v) is 6.39. The van der Waals surface area contributed by atoms with Gasteiger partial charge in [-0.1, -0.05) is 15.9 Å². The quantitative estimate of drug-likeness (QED) is 0.912. The molecule has 0 atom stereocenters. The summed E-state index contributed by atoms with van der Waals surface area (Å²) < 4.78 is 38.1. The third kappa shape index (κ3) is 4.74. The molecule has 0 aliphatic rings. The first-order chi connectivity index (χ1) is 8.74. The van der Waals surface area contributed by atoms with Crippen molar-refractivity contribution < 1.29 is 18.0 Å². The van der Waals surface area contributed by atoms with Crippen LogP contribution in [0, 0.1) is 0 Å². The van der Waals surface area contributed by atoms with Crippen molar-refractivity contribution >= 4 is 27.5 Å². The van der Waals surface area contributed by atoms with Crippen molar-refractivity contribution in [3.63, 3.8) is 0 Å². The van der Waals surface area contributed by atoms with Crippen LogP contribution in [0.5, 0.6) is 0 Å². The van der Waals surface area contributed by atoms with Crippen LogP contribution >= 0.6 is 15.9 Å². The maximum Gasteiger partial charge on any atom is 0.416 e. The fourth-order valence-corrected chi connectivity index (χ4v) is 1.84. The number of nitrogens with zero attached hydrogens (tertiary/aromatic N) is 1. The molecule has 0 aromatic heterocycles. The second-order valence-corrected chi connectivity index (χ2v) is 4.90. The monoisotopic (exact) mass is 338 g/mol. The summed E-state index contributed by atoms with van der Waals surface area (Å²) in [5, 5.41) is 2.69. The first-order valence-electron chi connectivity index (χ1n) is 5.59. The number of halogens is 4. The molecule has 0 spiro atoms. The van der Waals surface area contributed by atoms with E-state index in [4.69, 9.17) is 0 Å². The Kier molecular flexibility index (Phi) is 5.22. The SMILES string of the molecule is CCN(C)C(=O)CNc1cc(Br)cc(C(F)(F)F)c1. The number of carbonyl (C=O) groups excluding carboxylic acids is 1. The number of alkyl halides is 3. The number of benzene rings is 1. The second-order valence-electron chi connectivity index (χ2n) is 3.99. The highest BCUT2D eigenvalue weighted by molar-refractivity contribution is 9.10. The van der Waals surface area contributed by atoms with Crippen LogP contribution in [0.25, 0.3) is 0 Å². The Morgan fingerprint density at radius 3 is 2.53 bits per heavy atom. The molecule has 1 N–H and O–H groups in total. The Hall–Kier alpha value is -1.24. The molecule has 0 saturated heterocycles. The number of anilines is 1. The summed E-state index contributed by atoms with van der Waals surface area (Å²) in [7, 11) is 1.63. The molecule has 3 nitrogen and oxygen atoms in total. The molecule has 106 valence electrons. The van der Waals surface area contributed by atoms with Crippen molar-refractivity contribution in [3.8, 4) is 0 Å². The van der Waals surface area contributed by atoms with Crippen LogP contribution < -0.4 is 5.32 Å². The second kappa shape index (κ2) is 6.27. The van der Waals surface area contributed by atoms with E-state index in [0.29, 0.717) is 11.0 Å². The maximum atomic E-state index is 12.6. The molecule has 7 heteroatoms. The molecular weight excluding hydrogens is 325 g/mol. The van der Waals surface area contributed by atoms with E-state index in [-0.39, 0.29) is 18.1 Å². The number of nitrogens with one attached hydrogen (secondary N) is 1. The number of hydrogen-bond donors (Lipinski definition) is 1. The average Bonchev–Trinajstić information content (AvgIpc) is 2.33. The molecule has 0 unspecified atom stereocenters. The fraction of sp³-hybridized carbons (Fsp3) is 0.417. The van der Waals surface area contributed by atoms with E-state index < -0.39 is 11.7 Å². The van der Waals surface area contributed by atoms with Crippen LogP contribution in [0.2, 0.25) is 0 Å². The van der Waals surface area contributed by atoms with E-state index in [1.807, 2.05) is 6.92 Å². The lowest BCUT2D eigenvalue weighted by atomic mass is 10.2. The van der Waals surface area contributed by atoms with Crippen molar-refractivity contribution in [2.75, 3.05) is 25.5 Å². The summed E-state index contributed by atoms with van der Waals surface area (Å²) in [5.74, 6) is -0.184. The zero-order valence-corrected chi connectivity index (χ0v) is 12.1. The third-order valence-electron chi connectivity index (χ3n) is 2.57. The van der Waals surface area contributed by atoms with Gasteiger partial charge in [0.2, 0.25) is 5.91 Å². The van der Waals surface area contributed by atoms with Gasteiger partial charge in [0.15, 0.2) is 0 Å². The van der Waals surface area contributed by atoms with Crippen molar-refractivity contribution in [2.45, 2.75) is 13.1 Å². The van der Waals surface area contributed by atoms with Gasteiger partial charge < -0.3 is 10.2 Å². The number of likely N-dealkylation sites (N-methyl/N-ethyl adjacent to an activating group) is 1. The maximum absolute atomic E-state index is 12.6. The number of hydrogen-bond acceptors (Lipinski definition) is 2. The highest BCUT2D eigenvalue weighted by Gasteiger charge is 2.31. The van der Waals surface area contributed by atoms with E-state index in [0.717, 1.165) is 12.1 Å². The molecule has 0 aliphatic carbocycles. The van der Waals surface area contributed by atoms with Crippen LogP contribution in [0.3, 0.4) is 0 Å². The number of rotatable bonds is 4. The molecule has 0 heterocycles. The Balaban J connectivity index is 2.80. The molecule has 0 radical (unpaired) electrons. The van der Waals surface area contributed by atoms with Gasteiger partial charge in [0, 0.05) is 23.8 Å². The summed E-state index contributed by atoms with van der Waals surface area (Å²) in [4.78, 5) is 13.0. The minimum absolute atomic E-state index is 0.0436. The first kappa shape index (κ1) is 15.8. The molecular formula is C12H14BrF3N2O. The van der Waals surface area contributed by atoms with Crippen LogP contribution in [0.15, 0.2) is 22.7 Å². The van der Waals surface area contributed by atoms with Gasteiger partial charge in [0.1, 0.15) is 0 Å². The number of carbonyl (C=O) groups is 1. The fourth-order valence-electron chi connectivity index (χ4n) is 1.34. The Bertz CT molecular complexity index is 463. The third-order valence-corrected chi connectivity index (χ3v) is 3.03. The predicted molar refractivity (Wildman–Crippen MR) is 70.9 cm³/mol. The van der Waals surface area contributed by atoms with Gasteiger partial charge in [-0.25, -0.2) is 0 Å². The molecule has 1 aromatic rings. The minimum Gasteiger partial charge on any atom is -0.376 e. The van der Waals surface area contributed by atoms with Crippen LogP contribution in [0.1, 0.15) is 12.5 Å². The molecule has 1 aromatic carbocycles. The van der Waals surface area contributed by atoms with E-state index in [9.17, 15) is 18.0 Å². The lowest BCUT2D eigenvalue weighted by Crippen LogP contribution is -2.31. The van der Waals surface area contributed by atoms with E-state index in [2.05, 4.69) is 21.2 Å². The molecule has 19 heavy (non-hydrogen) atoms. The van der Waals surface area contributed by atoms with E-state index in [1.165, 1.54) is 11.0 Å². The lowest BCUT2D eigenvalue weighted by Gasteiger charge is -2.16. The lowest BCUT2D eigenvalue weighted by molar-refractivity contribution is -0.137. The topological polar surface area (TPSA) is 32.3 Å². The Morgan fingerprint density at radius 2 is 2.00 bits per heavy atom. The van der Waals surface area contributed by atoms with Gasteiger partial charge in [-0.05, 0) is 25.1 Å². The summed E-state index contributed by atoms with van der Waals surface area (Å²) in [6, 6.07) is 3.46. The van der Waals surface area contributed by atoms with Crippen molar-refractivity contribution in [1.82, 2.24) is 4.90 Å². The summed E-state index contributed by atoms with van der Waals surface area (Å²) in [5.41, 5.74) is -0.514. The Morgan fingerprint density at radius 1 is 1.37 bits per heavy atom. The van der Waals surface area contributed by atoms with Gasteiger partial charge in [-0.2, -0.15) is 13.2 Å². The standard InChI is InChI=1S/C12H14BrF3N2O/c1-3-18(2)11(19)7-17-10-5-8(12(14,15)16)4-9(13)6-10/h4-6,17H,3,7H2,1-2H3. The normalized spacial score (nSPS) is 11.3.